The summed E-state index contributed by atoms with van der Waals surface area (Å²) in [5, 5.41) is 13.5. The number of hydrogen-bond acceptors (Lipinski definition) is 6. The van der Waals surface area contributed by atoms with Crippen LogP contribution in [0, 0.1) is 0 Å². The van der Waals surface area contributed by atoms with Crippen LogP contribution in [0.1, 0.15) is 21.7 Å². The van der Waals surface area contributed by atoms with Crippen molar-refractivity contribution in [1.29, 1.82) is 0 Å². The monoisotopic (exact) mass is 401 g/mol. The van der Waals surface area contributed by atoms with Gasteiger partial charge in [0.2, 0.25) is 5.91 Å². The number of fused-ring (bicyclic) bond motifs is 1. The van der Waals surface area contributed by atoms with Crippen molar-refractivity contribution in [3.63, 3.8) is 0 Å². The molecule has 9 heteroatoms. The highest BCUT2D eigenvalue weighted by molar-refractivity contribution is 7.17. The van der Waals surface area contributed by atoms with Crippen molar-refractivity contribution < 1.29 is 19.4 Å². The number of ether oxygens (including phenoxy) is 1. The first-order valence-electron chi connectivity index (χ1n) is 8.55. The molecule has 0 aliphatic rings. The number of nitrogens with zero attached hydrogens (tertiary/aromatic N) is 2. The Kier molecular flexibility index (Phi) is 6.17. The summed E-state index contributed by atoms with van der Waals surface area (Å²) in [4.78, 5) is 41.5. The molecule has 1 amide bonds. The lowest BCUT2D eigenvalue weighted by Gasteiger charge is -2.13. The molecule has 0 unspecified atom stereocenters. The van der Waals surface area contributed by atoms with E-state index in [1.807, 2.05) is 30.3 Å². The Morgan fingerprint density at radius 3 is 2.71 bits per heavy atom. The van der Waals surface area contributed by atoms with E-state index in [0.29, 0.717) is 30.2 Å². The molecule has 8 nitrogen and oxygen atoms in total. The number of aromatic carboxylic acids is 1. The van der Waals surface area contributed by atoms with Crippen LogP contribution < -0.4 is 10.9 Å². The number of carboxylic acids is 1. The van der Waals surface area contributed by atoms with Crippen molar-refractivity contribution in [1.82, 2.24) is 14.9 Å². The van der Waals surface area contributed by atoms with Gasteiger partial charge in [-0.1, -0.05) is 30.3 Å². The van der Waals surface area contributed by atoms with Gasteiger partial charge in [0.25, 0.3) is 5.56 Å². The van der Waals surface area contributed by atoms with Crippen LogP contribution in [0.3, 0.4) is 0 Å². The molecule has 0 bridgehead atoms. The largest absolute Gasteiger partial charge is 0.478 e. The summed E-state index contributed by atoms with van der Waals surface area (Å²) in [6.07, 6.45) is 0.327. The Balaban J connectivity index is 1.91. The number of hydrogen-bond donors (Lipinski definition) is 2. The quantitative estimate of drug-likeness (QED) is 0.594. The highest BCUT2D eigenvalue weighted by Gasteiger charge is 2.20. The highest BCUT2D eigenvalue weighted by Crippen LogP contribution is 2.22. The zero-order valence-electron chi connectivity index (χ0n) is 15.2. The van der Waals surface area contributed by atoms with Crippen molar-refractivity contribution in [2.75, 3.05) is 13.7 Å². The molecule has 2 heterocycles. The fraction of sp³-hybridized carbons (Fsp3) is 0.263. The van der Waals surface area contributed by atoms with Gasteiger partial charge in [0.15, 0.2) is 0 Å². The van der Waals surface area contributed by atoms with Crippen LogP contribution in [0.25, 0.3) is 10.2 Å². The number of carboxylic acid groups (broad SMARTS) is 1. The predicted molar refractivity (Wildman–Crippen MR) is 105 cm³/mol. The molecule has 0 saturated heterocycles. The van der Waals surface area contributed by atoms with Gasteiger partial charge in [-0.05, 0) is 5.56 Å². The van der Waals surface area contributed by atoms with Gasteiger partial charge in [-0.3, -0.25) is 14.2 Å². The molecule has 0 atom stereocenters. The fourth-order valence-corrected chi connectivity index (χ4v) is 3.69. The molecule has 0 spiro atoms. The van der Waals surface area contributed by atoms with E-state index < -0.39 is 11.5 Å². The smallest absolute Gasteiger partial charge is 0.337 e. The van der Waals surface area contributed by atoms with Gasteiger partial charge in [0.05, 0.1) is 17.6 Å². The van der Waals surface area contributed by atoms with E-state index in [4.69, 9.17) is 4.74 Å². The summed E-state index contributed by atoms with van der Waals surface area (Å²) >= 11 is 1.09. The molecule has 3 rings (SSSR count). The lowest BCUT2D eigenvalue weighted by molar-refractivity contribution is -0.121. The number of carbonyl (C=O) groups is 2. The number of rotatable bonds is 8. The molecule has 0 aliphatic heterocycles. The third kappa shape index (κ3) is 4.26. The summed E-state index contributed by atoms with van der Waals surface area (Å²) in [6.45, 7) is 0.402. The van der Waals surface area contributed by atoms with Crippen molar-refractivity contribution in [3.05, 3.63) is 63.0 Å². The van der Waals surface area contributed by atoms with Crippen LogP contribution in [-0.2, 0) is 29.0 Å². The molecule has 0 saturated carbocycles. The van der Waals surface area contributed by atoms with E-state index >= 15 is 0 Å². The van der Waals surface area contributed by atoms with E-state index in [2.05, 4.69) is 10.3 Å². The van der Waals surface area contributed by atoms with Crippen LogP contribution in [-0.4, -0.2) is 40.3 Å². The van der Waals surface area contributed by atoms with Crippen LogP contribution in [0.15, 0.2) is 40.5 Å². The van der Waals surface area contributed by atoms with Gasteiger partial charge in [-0.15, -0.1) is 11.3 Å². The standard InChI is InChI=1S/C19H19N3O5S/c1-27-8-7-14-21-17-16(13(11-28-17)19(25)26)18(24)22(14)10-15(23)20-9-12-5-3-2-4-6-12/h2-6,11H,7-10H2,1H3,(H,20,23)(H,25,26). The first-order chi connectivity index (χ1) is 13.5. The molecule has 146 valence electrons. The summed E-state index contributed by atoms with van der Waals surface area (Å²) in [7, 11) is 1.53. The topological polar surface area (TPSA) is 111 Å². The molecule has 1 aromatic carbocycles. The number of aromatic nitrogens is 2. The first-order valence-corrected chi connectivity index (χ1v) is 9.43. The number of benzene rings is 1. The van der Waals surface area contributed by atoms with Gasteiger partial charge in [-0.25, -0.2) is 9.78 Å². The number of nitrogens with one attached hydrogen (secondary N) is 1. The fourth-order valence-electron chi connectivity index (χ4n) is 2.77. The molecule has 2 N–H and O–H groups in total. The molecule has 28 heavy (non-hydrogen) atoms. The van der Waals surface area contributed by atoms with Crippen LogP contribution in [0.4, 0.5) is 0 Å². The van der Waals surface area contributed by atoms with E-state index in [9.17, 15) is 19.5 Å². The Bertz CT molecular complexity index is 1060. The van der Waals surface area contributed by atoms with Gasteiger partial charge in [0, 0.05) is 25.5 Å². The minimum absolute atomic E-state index is 0.0227. The second-order valence-corrected chi connectivity index (χ2v) is 6.92. The Hall–Kier alpha value is -3.04. The predicted octanol–water partition coefficient (Wildman–Crippen LogP) is 1.66. The zero-order chi connectivity index (χ0) is 20.1. The van der Waals surface area contributed by atoms with E-state index in [0.717, 1.165) is 16.9 Å². The maximum atomic E-state index is 13.0. The Morgan fingerprint density at radius 1 is 1.29 bits per heavy atom. The van der Waals surface area contributed by atoms with Crippen LogP contribution in [0.2, 0.25) is 0 Å². The number of methoxy groups -OCH3 is 1. The second kappa shape index (κ2) is 8.77. The number of thiophene rings is 1. The molecular formula is C19H19N3O5S. The minimum Gasteiger partial charge on any atom is -0.478 e. The van der Waals surface area contributed by atoms with E-state index in [1.54, 1.807) is 0 Å². The zero-order valence-corrected chi connectivity index (χ0v) is 16.0. The minimum atomic E-state index is -1.20. The average molecular weight is 401 g/mol. The van der Waals surface area contributed by atoms with E-state index in [1.165, 1.54) is 17.1 Å². The number of carbonyl (C=O) groups excluding carboxylic acids is 1. The van der Waals surface area contributed by atoms with Crippen molar-refractivity contribution in [2.24, 2.45) is 0 Å². The summed E-state index contributed by atoms with van der Waals surface area (Å²) < 4.78 is 6.28. The van der Waals surface area contributed by atoms with Crippen LogP contribution >= 0.6 is 11.3 Å². The Morgan fingerprint density at radius 2 is 2.04 bits per heavy atom. The van der Waals surface area contributed by atoms with Crippen molar-refractivity contribution in [2.45, 2.75) is 19.5 Å². The average Bonchev–Trinajstić information content (AvgIpc) is 3.12. The second-order valence-electron chi connectivity index (χ2n) is 6.06. The molecule has 0 aliphatic carbocycles. The highest BCUT2D eigenvalue weighted by atomic mass is 32.1. The third-order valence-corrected chi connectivity index (χ3v) is 5.04. The van der Waals surface area contributed by atoms with Crippen molar-refractivity contribution >= 4 is 33.4 Å². The molecule has 2 aromatic heterocycles. The lowest BCUT2D eigenvalue weighted by atomic mass is 10.2. The first kappa shape index (κ1) is 19.7. The molecule has 0 fully saturated rings. The summed E-state index contributed by atoms with van der Waals surface area (Å²) in [5.74, 6) is -1.18. The molecule has 3 aromatic rings. The van der Waals surface area contributed by atoms with Gasteiger partial charge in [-0.2, -0.15) is 0 Å². The normalized spacial score (nSPS) is 10.9. The SMILES string of the molecule is COCCc1nc2scc(C(=O)O)c2c(=O)n1CC(=O)NCc1ccccc1. The van der Waals surface area contributed by atoms with Gasteiger partial charge < -0.3 is 15.2 Å². The van der Waals surface area contributed by atoms with Gasteiger partial charge in [0.1, 0.15) is 17.2 Å². The molecular weight excluding hydrogens is 382 g/mol. The lowest BCUT2D eigenvalue weighted by Crippen LogP contribution is -2.34. The third-order valence-electron chi connectivity index (χ3n) is 4.17. The molecule has 0 radical (unpaired) electrons. The number of amides is 1. The summed E-state index contributed by atoms with van der Waals surface area (Å²) in [6, 6.07) is 9.39. The Labute approximate surface area is 164 Å². The van der Waals surface area contributed by atoms with Crippen LogP contribution in [0.5, 0.6) is 0 Å². The van der Waals surface area contributed by atoms with E-state index in [-0.39, 0.29) is 23.4 Å². The maximum Gasteiger partial charge on any atom is 0.337 e. The van der Waals surface area contributed by atoms with Gasteiger partial charge >= 0.3 is 5.97 Å². The summed E-state index contributed by atoms with van der Waals surface area (Å²) in [5.41, 5.74) is 0.293. The van der Waals surface area contributed by atoms with Crippen molar-refractivity contribution in [3.8, 4) is 0 Å². The maximum absolute atomic E-state index is 13.0.